The Morgan fingerprint density at radius 1 is 1.13 bits per heavy atom. The van der Waals surface area contributed by atoms with E-state index in [4.69, 9.17) is 11.6 Å². The fourth-order valence-corrected chi connectivity index (χ4v) is 1.26. The van der Waals surface area contributed by atoms with Crippen LogP contribution in [0.5, 0.6) is 0 Å². The number of halogens is 1. The molecule has 0 radical (unpaired) electrons. The van der Waals surface area contributed by atoms with E-state index in [2.05, 4.69) is 20.3 Å². The third-order valence-corrected chi connectivity index (χ3v) is 1.99. The molecule has 0 aliphatic rings. The Bertz CT molecular complexity index is 432. The maximum Gasteiger partial charge on any atom is 0.224 e. The highest BCUT2D eigenvalue weighted by Gasteiger charge is 1.96. The molecule has 0 aliphatic carbocycles. The number of aromatic nitrogens is 3. The van der Waals surface area contributed by atoms with E-state index in [1.807, 2.05) is 18.2 Å². The summed E-state index contributed by atoms with van der Waals surface area (Å²) < 4.78 is 0. The first kappa shape index (κ1) is 9.86. The lowest BCUT2D eigenvalue weighted by atomic mass is 10.3. The molecule has 0 aromatic carbocycles. The van der Waals surface area contributed by atoms with Gasteiger partial charge in [0, 0.05) is 12.4 Å². The second-order valence-corrected chi connectivity index (χ2v) is 3.22. The quantitative estimate of drug-likeness (QED) is 0.806. The normalized spacial score (nSPS) is 9.93. The van der Waals surface area contributed by atoms with Gasteiger partial charge in [-0.1, -0.05) is 6.07 Å². The van der Waals surface area contributed by atoms with E-state index in [-0.39, 0.29) is 5.28 Å². The summed E-state index contributed by atoms with van der Waals surface area (Å²) in [6.45, 7) is 0.619. The van der Waals surface area contributed by atoms with Gasteiger partial charge >= 0.3 is 0 Å². The van der Waals surface area contributed by atoms with Gasteiger partial charge in [0.1, 0.15) is 5.82 Å². The number of pyridine rings is 1. The first-order valence-electron chi connectivity index (χ1n) is 4.47. The minimum absolute atomic E-state index is 0.237. The molecule has 2 rings (SSSR count). The van der Waals surface area contributed by atoms with E-state index in [0.29, 0.717) is 12.4 Å². The second kappa shape index (κ2) is 4.70. The van der Waals surface area contributed by atoms with Crippen molar-refractivity contribution < 1.29 is 0 Å². The number of nitrogens with one attached hydrogen (secondary N) is 1. The third-order valence-electron chi connectivity index (χ3n) is 1.80. The number of rotatable bonds is 3. The molecule has 0 saturated carbocycles. The Balaban J connectivity index is 1.99. The molecule has 4 nitrogen and oxygen atoms in total. The number of hydrogen-bond donors (Lipinski definition) is 1. The fraction of sp³-hybridized carbons (Fsp3) is 0.100. The lowest BCUT2D eigenvalue weighted by Gasteiger charge is -2.04. The van der Waals surface area contributed by atoms with Crippen molar-refractivity contribution in [2.75, 3.05) is 5.32 Å². The molecule has 2 heterocycles. The molecule has 0 spiro atoms. The average molecular weight is 221 g/mol. The van der Waals surface area contributed by atoms with Crippen molar-refractivity contribution in [1.29, 1.82) is 0 Å². The van der Waals surface area contributed by atoms with Gasteiger partial charge in [-0.2, -0.15) is 0 Å². The van der Waals surface area contributed by atoms with Crippen LogP contribution in [-0.4, -0.2) is 15.0 Å². The standard InChI is InChI=1S/C10H9ClN4/c11-10-13-6-4-9(15-10)14-7-8-3-1-2-5-12-8/h1-6H,7H2,(H,13,14,15). The molecule has 5 heteroatoms. The molecule has 0 saturated heterocycles. The van der Waals surface area contributed by atoms with E-state index >= 15 is 0 Å². The Hall–Kier alpha value is -1.68. The van der Waals surface area contributed by atoms with E-state index in [1.165, 1.54) is 0 Å². The zero-order chi connectivity index (χ0) is 10.5. The highest BCUT2D eigenvalue weighted by Crippen LogP contribution is 2.06. The van der Waals surface area contributed by atoms with Crippen LogP contribution in [0.1, 0.15) is 5.69 Å². The first-order valence-corrected chi connectivity index (χ1v) is 4.85. The molecule has 0 fully saturated rings. The molecule has 0 atom stereocenters. The van der Waals surface area contributed by atoms with E-state index in [0.717, 1.165) is 5.69 Å². The number of anilines is 1. The van der Waals surface area contributed by atoms with Crippen LogP contribution in [-0.2, 0) is 6.54 Å². The zero-order valence-electron chi connectivity index (χ0n) is 7.89. The largest absolute Gasteiger partial charge is 0.364 e. The van der Waals surface area contributed by atoms with Crippen LogP contribution in [0.15, 0.2) is 36.7 Å². The molecule has 15 heavy (non-hydrogen) atoms. The summed E-state index contributed by atoms with van der Waals surface area (Å²) in [6.07, 6.45) is 3.36. The van der Waals surface area contributed by atoms with Gasteiger partial charge in [-0.3, -0.25) is 4.98 Å². The topological polar surface area (TPSA) is 50.7 Å². The van der Waals surface area contributed by atoms with Gasteiger partial charge in [-0.15, -0.1) is 0 Å². The Kier molecular flexibility index (Phi) is 3.09. The highest BCUT2D eigenvalue weighted by molar-refractivity contribution is 6.28. The summed E-state index contributed by atoms with van der Waals surface area (Å²) in [5, 5.41) is 3.34. The maximum absolute atomic E-state index is 5.65. The molecular weight excluding hydrogens is 212 g/mol. The summed E-state index contributed by atoms with van der Waals surface area (Å²) in [4.78, 5) is 12.0. The summed E-state index contributed by atoms with van der Waals surface area (Å²) in [5.74, 6) is 0.695. The lowest BCUT2D eigenvalue weighted by Crippen LogP contribution is -2.03. The number of nitrogens with zero attached hydrogens (tertiary/aromatic N) is 3. The van der Waals surface area contributed by atoms with Crippen molar-refractivity contribution in [3.05, 3.63) is 47.6 Å². The molecule has 76 valence electrons. The molecule has 0 amide bonds. The second-order valence-electron chi connectivity index (χ2n) is 2.89. The first-order chi connectivity index (χ1) is 7.34. The summed E-state index contributed by atoms with van der Waals surface area (Å²) in [6, 6.07) is 7.52. The summed E-state index contributed by atoms with van der Waals surface area (Å²) in [7, 11) is 0. The van der Waals surface area contributed by atoms with Crippen LogP contribution in [0.2, 0.25) is 5.28 Å². The van der Waals surface area contributed by atoms with Crippen molar-refractivity contribution in [2.24, 2.45) is 0 Å². The SMILES string of the molecule is Clc1nccc(NCc2ccccn2)n1. The number of hydrogen-bond acceptors (Lipinski definition) is 4. The fourth-order valence-electron chi connectivity index (χ4n) is 1.12. The molecule has 2 aromatic heterocycles. The Morgan fingerprint density at radius 3 is 2.80 bits per heavy atom. The van der Waals surface area contributed by atoms with Crippen molar-refractivity contribution >= 4 is 17.4 Å². The summed E-state index contributed by atoms with van der Waals surface area (Å²) >= 11 is 5.65. The lowest BCUT2D eigenvalue weighted by molar-refractivity contribution is 1.02. The highest BCUT2D eigenvalue weighted by atomic mass is 35.5. The van der Waals surface area contributed by atoms with Crippen molar-refractivity contribution in [3.63, 3.8) is 0 Å². The minimum Gasteiger partial charge on any atom is -0.364 e. The van der Waals surface area contributed by atoms with Gasteiger partial charge < -0.3 is 5.32 Å². The average Bonchev–Trinajstić information content (AvgIpc) is 2.28. The molecule has 0 unspecified atom stereocenters. The molecule has 0 bridgehead atoms. The molecule has 1 N–H and O–H groups in total. The van der Waals surface area contributed by atoms with Gasteiger partial charge in [0.15, 0.2) is 0 Å². The van der Waals surface area contributed by atoms with Crippen molar-refractivity contribution in [3.8, 4) is 0 Å². The smallest absolute Gasteiger partial charge is 0.224 e. The van der Waals surface area contributed by atoms with E-state index in [9.17, 15) is 0 Å². The van der Waals surface area contributed by atoms with Gasteiger partial charge in [0.2, 0.25) is 5.28 Å². The van der Waals surface area contributed by atoms with Crippen LogP contribution >= 0.6 is 11.6 Å². The van der Waals surface area contributed by atoms with Crippen LogP contribution in [0.3, 0.4) is 0 Å². The molecule has 0 aliphatic heterocycles. The van der Waals surface area contributed by atoms with Crippen LogP contribution in [0.25, 0.3) is 0 Å². The van der Waals surface area contributed by atoms with Crippen LogP contribution in [0.4, 0.5) is 5.82 Å². The minimum atomic E-state index is 0.237. The van der Waals surface area contributed by atoms with Gasteiger partial charge in [-0.05, 0) is 29.8 Å². The Morgan fingerprint density at radius 2 is 2.07 bits per heavy atom. The van der Waals surface area contributed by atoms with Crippen LogP contribution in [0, 0.1) is 0 Å². The summed E-state index contributed by atoms with van der Waals surface area (Å²) in [5.41, 5.74) is 0.951. The maximum atomic E-state index is 5.65. The van der Waals surface area contributed by atoms with E-state index in [1.54, 1.807) is 18.5 Å². The van der Waals surface area contributed by atoms with Gasteiger partial charge in [-0.25, -0.2) is 9.97 Å². The van der Waals surface area contributed by atoms with Gasteiger partial charge in [0.25, 0.3) is 0 Å². The van der Waals surface area contributed by atoms with Crippen molar-refractivity contribution in [2.45, 2.75) is 6.54 Å². The predicted octanol–water partition coefficient (Wildman–Crippen LogP) is 2.14. The third kappa shape index (κ3) is 2.89. The monoisotopic (exact) mass is 220 g/mol. The zero-order valence-corrected chi connectivity index (χ0v) is 8.65. The van der Waals surface area contributed by atoms with Crippen molar-refractivity contribution in [1.82, 2.24) is 15.0 Å². The van der Waals surface area contributed by atoms with E-state index < -0.39 is 0 Å². The molecular formula is C10H9ClN4. The predicted molar refractivity (Wildman–Crippen MR) is 58.6 cm³/mol. The molecule has 2 aromatic rings. The van der Waals surface area contributed by atoms with Gasteiger partial charge in [0.05, 0.1) is 12.2 Å². The Labute approximate surface area is 92.4 Å². The van der Waals surface area contributed by atoms with Crippen LogP contribution < -0.4 is 5.32 Å².